The molecule has 0 N–H and O–H groups in total. The minimum atomic E-state index is -4.45. The number of halogens is 4. The molecule has 1 aliphatic rings. The zero-order valence-electron chi connectivity index (χ0n) is 17.4. The van der Waals surface area contributed by atoms with Crippen LogP contribution in [0, 0.1) is 0 Å². The molecule has 2 rings (SSSR count). The minimum absolute atomic E-state index is 0.159. The number of alkyl halides is 3. The van der Waals surface area contributed by atoms with Crippen molar-refractivity contribution in [2.75, 3.05) is 24.6 Å². The molecule has 1 aromatic carbocycles. The number of nitrogens with zero attached hydrogens (tertiary/aromatic N) is 1. The van der Waals surface area contributed by atoms with Crippen LogP contribution >= 0.6 is 15.9 Å². The van der Waals surface area contributed by atoms with Crippen LogP contribution in [0.25, 0.3) is 6.08 Å². The molecule has 0 amide bonds. The molecule has 0 aliphatic carbocycles. The Kier molecular flexibility index (Phi) is 8.98. The van der Waals surface area contributed by atoms with Crippen LogP contribution in [0.1, 0.15) is 25.8 Å². The highest BCUT2D eigenvalue weighted by Crippen LogP contribution is 2.30. The highest BCUT2D eigenvalue weighted by Gasteiger charge is 2.31. The summed E-state index contributed by atoms with van der Waals surface area (Å²) in [5, 5.41) is 0. The van der Waals surface area contributed by atoms with E-state index in [0.29, 0.717) is 18.9 Å². The molecule has 1 saturated heterocycles. The molecule has 0 radical (unpaired) electrons. The maximum absolute atomic E-state index is 12.8. The van der Waals surface area contributed by atoms with E-state index < -0.39 is 17.7 Å². The second kappa shape index (κ2) is 11.2. The number of anilines is 1. The molecular weight excluding hydrogens is 475 g/mol. The first-order chi connectivity index (χ1) is 14.6. The number of allylic oxidation sites excluding steroid dienone is 5. The van der Waals surface area contributed by atoms with Crippen molar-refractivity contribution >= 4 is 33.7 Å². The summed E-state index contributed by atoms with van der Waals surface area (Å²) >= 11 is 3.44. The topological polar surface area (TPSA) is 38.8 Å². The predicted molar refractivity (Wildman–Crippen MR) is 120 cm³/mol. The van der Waals surface area contributed by atoms with E-state index in [1.807, 2.05) is 18.2 Å². The number of esters is 1. The van der Waals surface area contributed by atoms with Crippen molar-refractivity contribution in [3.05, 3.63) is 70.5 Å². The van der Waals surface area contributed by atoms with Gasteiger partial charge in [-0.3, -0.25) is 0 Å². The fraction of sp³-hybridized carbons (Fsp3) is 0.348. The van der Waals surface area contributed by atoms with Crippen molar-refractivity contribution in [3.8, 4) is 0 Å². The molecule has 31 heavy (non-hydrogen) atoms. The number of hydrogen-bond donors (Lipinski definition) is 0. The minimum Gasteiger partial charge on any atom is -0.493 e. The van der Waals surface area contributed by atoms with Crippen LogP contribution in [0.15, 0.2) is 64.9 Å². The third-order valence-electron chi connectivity index (χ3n) is 4.56. The van der Waals surface area contributed by atoms with Crippen molar-refractivity contribution in [1.29, 1.82) is 0 Å². The Morgan fingerprint density at radius 3 is 2.74 bits per heavy atom. The summed E-state index contributed by atoms with van der Waals surface area (Å²) in [5.74, 6) is -0.0173. The Balaban J connectivity index is 2.09. The molecular formula is C23H25BrF3NO3. The van der Waals surface area contributed by atoms with E-state index in [0.717, 1.165) is 40.8 Å². The lowest BCUT2D eigenvalue weighted by Crippen LogP contribution is -2.23. The lowest BCUT2D eigenvalue weighted by molar-refractivity contribution is -0.137. The predicted octanol–water partition coefficient (Wildman–Crippen LogP) is 6.20. The Bertz CT molecular complexity index is 891. The summed E-state index contributed by atoms with van der Waals surface area (Å²) < 4.78 is 50.0. The molecule has 1 unspecified atom stereocenters. The van der Waals surface area contributed by atoms with Gasteiger partial charge in [-0.1, -0.05) is 28.6 Å². The highest BCUT2D eigenvalue weighted by atomic mass is 79.9. The quantitative estimate of drug-likeness (QED) is 0.185. The lowest BCUT2D eigenvalue weighted by Gasteiger charge is -2.21. The van der Waals surface area contributed by atoms with Gasteiger partial charge in [-0.25, -0.2) is 4.79 Å². The summed E-state index contributed by atoms with van der Waals surface area (Å²) in [4.78, 5) is 13.8. The molecule has 4 nitrogen and oxygen atoms in total. The SMILES string of the molecule is C=C/C(=C\C=C(/C)OC1CCN(c2ccc(Br)cc2/C=C/C(=O)OCC)C1)C(F)(F)F. The largest absolute Gasteiger partial charge is 0.493 e. The number of carbonyl (C=O) groups excluding carboxylic acids is 1. The van der Waals surface area contributed by atoms with Gasteiger partial charge in [0.05, 0.1) is 24.5 Å². The van der Waals surface area contributed by atoms with Crippen molar-refractivity contribution < 1.29 is 27.4 Å². The molecule has 1 heterocycles. The van der Waals surface area contributed by atoms with Crippen molar-refractivity contribution in [2.24, 2.45) is 0 Å². The van der Waals surface area contributed by atoms with E-state index >= 15 is 0 Å². The van der Waals surface area contributed by atoms with Crippen LogP contribution in [-0.4, -0.2) is 37.9 Å². The molecule has 1 fully saturated rings. The van der Waals surface area contributed by atoms with Gasteiger partial charge in [0.15, 0.2) is 0 Å². The smallest absolute Gasteiger partial charge is 0.416 e. The van der Waals surface area contributed by atoms with Gasteiger partial charge < -0.3 is 14.4 Å². The zero-order valence-corrected chi connectivity index (χ0v) is 19.0. The summed E-state index contributed by atoms with van der Waals surface area (Å²) in [7, 11) is 0. The van der Waals surface area contributed by atoms with Gasteiger partial charge in [-0.2, -0.15) is 13.2 Å². The maximum atomic E-state index is 12.8. The number of carbonyl (C=O) groups is 1. The van der Waals surface area contributed by atoms with Gasteiger partial charge in [0, 0.05) is 29.2 Å². The monoisotopic (exact) mass is 499 g/mol. The van der Waals surface area contributed by atoms with Gasteiger partial charge >= 0.3 is 12.1 Å². The van der Waals surface area contributed by atoms with Gasteiger partial charge in [0.25, 0.3) is 0 Å². The van der Waals surface area contributed by atoms with E-state index in [9.17, 15) is 18.0 Å². The molecule has 1 aromatic rings. The van der Waals surface area contributed by atoms with E-state index in [1.54, 1.807) is 19.9 Å². The van der Waals surface area contributed by atoms with E-state index in [4.69, 9.17) is 9.47 Å². The fourth-order valence-electron chi connectivity index (χ4n) is 3.13. The van der Waals surface area contributed by atoms with Crippen LogP contribution in [-0.2, 0) is 14.3 Å². The van der Waals surface area contributed by atoms with Crippen LogP contribution in [0.3, 0.4) is 0 Å². The van der Waals surface area contributed by atoms with Crippen molar-refractivity contribution in [3.63, 3.8) is 0 Å². The Morgan fingerprint density at radius 1 is 1.35 bits per heavy atom. The van der Waals surface area contributed by atoms with Crippen molar-refractivity contribution in [1.82, 2.24) is 0 Å². The fourth-order valence-corrected chi connectivity index (χ4v) is 3.50. The third kappa shape index (κ3) is 7.61. The van der Waals surface area contributed by atoms with Gasteiger partial charge in [-0.05, 0) is 55.8 Å². The summed E-state index contributed by atoms with van der Waals surface area (Å²) in [6, 6.07) is 5.76. The third-order valence-corrected chi connectivity index (χ3v) is 5.05. The first-order valence-corrected chi connectivity index (χ1v) is 10.6. The molecule has 0 aromatic heterocycles. The van der Waals surface area contributed by atoms with Crippen LogP contribution in [0.2, 0.25) is 0 Å². The maximum Gasteiger partial charge on any atom is 0.416 e. The van der Waals surface area contributed by atoms with Crippen molar-refractivity contribution in [2.45, 2.75) is 32.5 Å². The normalized spacial score (nSPS) is 17.9. The van der Waals surface area contributed by atoms with E-state index in [-0.39, 0.29) is 6.10 Å². The number of hydrogen-bond acceptors (Lipinski definition) is 4. The Labute approximate surface area is 188 Å². The second-order valence-electron chi connectivity index (χ2n) is 6.86. The Morgan fingerprint density at radius 2 is 2.10 bits per heavy atom. The van der Waals surface area contributed by atoms with Crippen LogP contribution in [0.4, 0.5) is 18.9 Å². The average Bonchev–Trinajstić information content (AvgIpc) is 3.14. The molecule has 1 aliphatic heterocycles. The van der Waals surface area contributed by atoms with Crippen LogP contribution in [0.5, 0.6) is 0 Å². The molecule has 1 atom stereocenters. The zero-order chi connectivity index (χ0) is 23.0. The average molecular weight is 500 g/mol. The second-order valence-corrected chi connectivity index (χ2v) is 7.78. The summed E-state index contributed by atoms with van der Waals surface area (Å²) in [6.07, 6.45) is 2.25. The summed E-state index contributed by atoms with van der Waals surface area (Å²) in [5.41, 5.74) is 0.956. The number of ether oxygens (including phenoxy) is 2. The first-order valence-electron chi connectivity index (χ1n) is 9.78. The van der Waals surface area contributed by atoms with Crippen LogP contribution < -0.4 is 4.90 Å². The molecule has 0 spiro atoms. The lowest BCUT2D eigenvalue weighted by atomic mass is 10.1. The first kappa shape index (κ1) is 24.8. The molecule has 0 saturated carbocycles. The Hall–Kier alpha value is -2.48. The summed E-state index contributed by atoms with van der Waals surface area (Å²) in [6.45, 7) is 8.17. The van der Waals surface area contributed by atoms with Gasteiger partial charge in [0.1, 0.15) is 6.10 Å². The molecule has 8 heteroatoms. The standard InChI is InChI=1S/C23H25BrF3NO3/c1-4-18(23(25,26)27)8-6-16(3)31-20-12-13-28(15-20)21-10-9-19(24)14-17(21)7-11-22(29)30-5-2/h4,6-11,14,20H,1,5,12-13,15H2,2-3H3/b11-7+,16-6+,18-8+. The number of rotatable bonds is 8. The van der Waals surface area contributed by atoms with E-state index in [1.165, 1.54) is 12.2 Å². The molecule has 0 bridgehead atoms. The van der Waals surface area contributed by atoms with E-state index in [2.05, 4.69) is 27.4 Å². The molecule has 168 valence electrons. The van der Waals surface area contributed by atoms with Gasteiger partial charge in [-0.15, -0.1) is 0 Å². The number of benzene rings is 1. The highest BCUT2D eigenvalue weighted by molar-refractivity contribution is 9.10. The van der Waals surface area contributed by atoms with Gasteiger partial charge in [0.2, 0.25) is 0 Å².